The Morgan fingerprint density at radius 3 is 2.47 bits per heavy atom. The summed E-state index contributed by atoms with van der Waals surface area (Å²) in [6.45, 7) is 1.77. The van der Waals surface area contributed by atoms with Crippen molar-refractivity contribution in [1.29, 1.82) is 5.26 Å². The van der Waals surface area contributed by atoms with E-state index >= 15 is 0 Å². The van der Waals surface area contributed by atoms with Crippen molar-refractivity contribution in [3.63, 3.8) is 0 Å². The summed E-state index contributed by atoms with van der Waals surface area (Å²) in [5.41, 5.74) is 2.05. The zero-order chi connectivity index (χ0) is 13.8. The Labute approximate surface area is 111 Å². The molecule has 0 saturated heterocycles. The minimum absolute atomic E-state index is 0.0186. The predicted molar refractivity (Wildman–Crippen MR) is 71.2 cm³/mol. The van der Waals surface area contributed by atoms with Crippen LogP contribution in [0.1, 0.15) is 29.3 Å². The highest BCUT2D eigenvalue weighted by Crippen LogP contribution is 2.24. The maximum Gasteiger partial charge on any atom is 0.162 e. The van der Waals surface area contributed by atoms with Crippen molar-refractivity contribution in [3.05, 3.63) is 59.4 Å². The van der Waals surface area contributed by atoms with Crippen LogP contribution in [0.4, 0.5) is 4.39 Å². The van der Waals surface area contributed by atoms with Crippen LogP contribution in [0.25, 0.3) is 11.1 Å². The highest BCUT2D eigenvalue weighted by Gasteiger charge is 2.10. The van der Waals surface area contributed by atoms with Crippen molar-refractivity contribution in [2.45, 2.75) is 13.3 Å². The van der Waals surface area contributed by atoms with Crippen molar-refractivity contribution in [3.8, 4) is 17.2 Å². The van der Waals surface area contributed by atoms with E-state index in [1.807, 2.05) is 6.07 Å². The molecule has 0 aliphatic rings. The van der Waals surface area contributed by atoms with Crippen LogP contribution in [0.3, 0.4) is 0 Å². The molecule has 0 radical (unpaired) electrons. The first-order chi connectivity index (χ1) is 9.15. The number of ketones is 1. The molecule has 0 heterocycles. The molecule has 0 atom stereocenters. The third-order valence-electron chi connectivity index (χ3n) is 2.93. The second kappa shape index (κ2) is 5.45. The number of rotatable bonds is 3. The lowest BCUT2D eigenvalue weighted by molar-refractivity contribution is 0.0988. The van der Waals surface area contributed by atoms with E-state index < -0.39 is 0 Å². The van der Waals surface area contributed by atoms with Gasteiger partial charge in [-0.25, -0.2) is 4.39 Å². The molecule has 2 aromatic rings. The quantitative estimate of drug-likeness (QED) is 0.777. The Balaban J connectivity index is 2.48. The van der Waals surface area contributed by atoms with Gasteiger partial charge < -0.3 is 0 Å². The van der Waals surface area contributed by atoms with Crippen molar-refractivity contribution in [1.82, 2.24) is 0 Å². The highest BCUT2D eigenvalue weighted by atomic mass is 19.1. The van der Waals surface area contributed by atoms with E-state index in [4.69, 9.17) is 5.26 Å². The first-order valence-corrected chi connectivity index (χ1v) is 5.99. The number of carbonyl (C=O) groups is 1. The number of benzene rings is 2. The molecule has 0 aliphatic heterocycles. The van der Waals surface area contributed by atoms with Crippen molar-refractivity contribution >= 4 is 5.78 Å². The van der Waals surface area contributed by atoms with Gasteiger partial charge in [-0.2, -0.15) is 5.26 Å². The van der Waals surface area contributed by atoms with Crippen LogP contribution in [0, 0.1) is 17.1 Å². The van der Waals surface area contributed by atoms with Gasteiger partial charge in [0.1, 0.15) is 5.82 Å². The Morgan fingerprint density at radius 1 is 1.21 bits per heavy atom. The molecule has 0 aliphatic carbocycles. The molecule has 0 N–H and O–H groups in total. The number of hydrogen-bond acceptors (Lipinski definition) is 2. The van der Waals surface area contributed by atoms with E-state index in [-0.39, 0.29) is 11.6 Å². The van der Waals surface area contributed by atoms with E-state index in [2.05, 4.69) is 0 Å². The minimum Gasteiger partial charge on any atom is -0.294 e. The summed E-state index contributed by atoms with van der Waals surface area (Å²) in [6, 6.07) is 13.0. The SMILES string of the molecule is CCC(=O)c1ccc(F)c(-c2ccc(C#N)cc2)c1. The van der Waals surface area contributed by atoms with Gasteiger partial charge in [-0.3, -0.25) is 4.79 Å². The maximum absolute atomic E-state index is 13.8. The van der Waals surface area contributed by atoms with Gasteiger partial charge in [-0.05, 0) is 35.9 Å². The molecule has 0 unspecified atom stereocenters. The van der Waals surface area contributed by atoms with Crippen LogP contribution in [-0.2, 0) is 0 Å². The van der Waals surface area contributed by atoms with Crippen LogP contribution in [0.2, 0.25) is 0 Å². The molecule has 94 valence electrons. The van der Waals surface area contributed by atoms with E-state index in [0.29, 0.717) is 28.7 Å². The van der Waals surface area contributed by atoms with Gasteiger partial charge in [0.2, 0.25) is 0 Å². The predicted octanol–water partition coefficient (Wildman–Crippen LogP) is 3.96. The van der Waals surface area contributed by atoms with Crippen molar-refractivity contribution < 1.29 is 9.18 Å². The van der Waals surface area contributed by atoms with Gasteiger partial charge in [-0.15, -0.1) is 0 Å². The molecule has 2 aromatic carbocycles. The third kappa shape index (κ3) is 2.69. The summed E-state index contributed by atoms with van der Waals surface area (Å²) < 4.78 is 13.8. The molecule has 0 fully saturated rings. The summed E-state index contributed by atoms with van der Waals surface area (Å²) in [5, 5.41) is 8.73. The lowest BCUT2D eigenvalue weighted by Gasteiger charge is -2.06. The molecular formula is C16H12FNO. The third-order valence-corrected chi connectivity index (χ3v) is 2.93. The standard InChI is InChI=1S/C16H12FNO/c1-2-16(19)13-7-8-15(17)14(9-13)12-5-3-11(10-18)4-6-12/h3-9H,2H2,1H3. The fraction of sp³-hybridized carbons (Fsp3) is 0.125. The van der Waals surface area contributed by atoms with Crippen LogP contribution in [-0.4, -0.2) is 5.78 Å². The molecule has 0 bridgehead atoms. The van der Waals surface area contributed by atoms with Crippen LogP contribution >= 0.6 is 0 Å². The topological polar surface area (TPSA) is 40.9 Å². The van der Waals surface area contributed by atoms with Crippen LogP contribution < -0.4 is 0 Å². The first-order valence-electron chi connectivity index (χ1n) is 5.99. The Morgan fingerprint density at radius 2 is 1.89 bits per heavy atom. The van der Waals surface area contributed by atoms with Gasteiger partial charge in [0.15, 0.2) is 5.78 Å². The highest BCUT2D eigenvalue weighted by molar-refractivity contribution is 5.97. The smallest absolute Gasteiger partial charge is 0.162 e. The molecule has 2 nitrogen and oxygen atoms in total. The zero-order valence-corrected chi connectivity index (χ0v) is 10.5. The van der Waals surface area contributed by atoms with Gasteiger partial charge in [0.25, 0.3) is 0 Å². The molecule has 2 rings (SSSR count). The Hall–Kier alpha value is -2.47. The van der Waals surface area contributed by atoms with E-state index in [0.717, 1.165) is 0 Å². The van der Waals surface area contributed by atoms with Gasteiger partial charge >= 0.3 is 0 Å². The lowest BCUT2D eigenvalue weighted by Crippen LogP contribution is -1.98. The van der Waals surface area contributed by atoms with Crippen molar-refractivity contribution in [2.75, 3.05) is 0 Å². The molecule has 0 saturated carbocycles. The molecule has 0 aromatic heterocycles. The average Bonchev–Trinajstić information content (AvgIpc) is 2.47. The second-order valence-corrected chi connectivity index (χ2v) is 4.16. The van der Waals surface area contributed by atoms with Gasteiger partial charge in [-0.1, -0.05) is 19.1 Å². The Kier molecular flexibility index (Phi) is 3.72. The number of halogens is 1. The first kappa shape index (κ1) is 13.0. The molecule has 19 heavy (non-hydrogen) atoms. The van der Waals surface area contributed by atoms with E-state index in [1.54, 1.807) is 37.3 Å². The summed E-state index contributed by atoms with van der Waals surface area (Å²) in [7, 11) is 0. The van der Waals surface area contributed by atoms with Gasteiger partial charge in [0.05, 0.1) is 11.6 Å². The van der Waals surface area contributed by atoms with E-state index in [1.165, 1.54) is 12.1 Å². The second-order valence-electron chi connectivity index (χ2n) is 4.16. The fourth-order valence-electron chi connectivity index (χ4n) is 1.85. The number of carbonyl (C=O) groups excluding carboxylic acids is 1. The zero-order valence-electron chi connectivity index (χ0n) is 10.5. The van der Waals surface area contributed by atoms with Crippen LogP contribution in [0.5, 0.6) is 0 Å². The Bertz CT molecular complexity index is 653. The van der Waals surface area contributed by atoms with Crippen molar-refractivity contribution in [2.24, 2.45) is 0 Å². The average molecular weight is 253 g/mol. The monoisotopic (exact) mass is 253 g/mol. The van der Waals surface area contributed by atoms with Gasteiger partial charge in [0, 0.05) is 17.5 Å². The maximum atomic E-state index is 13.8. The summed E-state index contributed by atoms with van der Waals surface area (Å²) in [4.78, 5) is 11.6. The summed E-state index contributed by atoms with van der Waals surface area (Å²) in [5.74, 6) is -0.396. The van der Waals surface area contributed by atoms with Crippen LogP contribution in [0.15, 0.2) is 42.5 Å². The fourth-order valence-corrected chi connectivity index (χ4v) is 1.85. The minimum atomic E-state index is -0.377. The number of Topliss-reactive ketones (excluding diaryl/α,β-unsaturated/α-hetero) is 1. The molecule has 3 heteroatoms. The lowest BCUT2D eigenvalue weighted by atomic mass is 9.99. The molecular weight excluding hydrogens is 241 g/mol. The van der Waals surface area contributed by atoms with E-state index in [9.17, 15) is 9.18 Å². The normalized spacial score (nSPS) is 9.95. The summed E-state index contributed by atoms with van der Waals surface area (Å²) >= 11 is 0. The largest absolute Gasteiger partial charge is 0.294 e. The molecule has 0 spiro atoms. The number of nitriles is 1. The number of nitrogens with zero attached hydrogens (tertiary/aromatic N) is 1. The summed E-state index contributed by atoms with van der Waals surface area (Å²) in [6.07, 6.45) is 0.387. The number of hydrogen-bond donors (Lipinski definition) is 0. The molecule has 0 amide bonds.